The lowest BCUT2D eigenvalue weighted by molar-refractivity contribution is -0.115. The number of nitrogens with zero attached hydrogens (tertiary/aromatic N) is 2. The highest BCUT2D eigenvalue weighted by molar-refractivity contribution is 6.02. The number of ketones is 1. The molecule has 34 heavy (non-hydrogen) atoms. The molecule has 4 aliphatic rings. The van der Waals surface area contributed by atoms with Gasteiger partial charge in [-0.05, 0) is 81.7 Å². The van der Waals surface area contributed by atoms with Gasteiger partial charge in [0.2, 0.25) is 0 Å². The summed E-state index contributed by atoms with van der Waals surface area (Å²) in [5.74, 6) is 0.0570. The number of carbonyl (C=O) groups is 2. The zero-order valence-electron chi connectivity index (χ0n) is 20.8. The van der Waals surface area contributed by atoms with Crippen molar-refractivity contribution in [2.45, 2.75) is 58.4 Å². The molecule has 2 heterocycles. The van der Waals surface area contributed by atoms with Crippen LogP contribution >= 0.6 is 0 Å². The van der Waals surface area contributed by atoms with Crippen LogP contribution in [0.4, 0.5) is 5.69 Å². The number of amides is 1. The van der Waals surface area contributed by atoms with Gasteiger partial charge < -0.3 is 15.1 Å². The summed E-state index contributed by atoms with van der Waals surface area (Å²) in [5.41, 5.74) is 6.49. The molecule has 2 fully saturated rings. The molecular formula is C29H37N3O2. The minimum atomic E-state index is -0.0847. The Balaban J connectivity index is 1.42. The van der Waals surface area contributed by atoms with E-state index in [1.165, 1.54) is 31.6 Å². The number of carbonyl (C=O) groups excluding carboxylic acids is 2. The molecule has 1 saturated carbocycles. The number of Topliss-reactive ketones (excluding diaryl/α,β-unsaturated/α-hetero) is 1. The summed E-state index contributed by atoms with van der Waals surface area (Å²) >= 11 is 0. The molecule has 1 spiro atoms. The Bertz CT molecular complexity index is 1080. The Morgan fingerprint density at radius 2 is 1.97 bits per heavy atom. The number of hydrogen-bond acceptors (Lipinski definition) is 4. The van der Waals surface area contributed by atoms with E-state index in [4.69, 9.17) is 0 Å². The molecule has 5 heteroatoms. The van der Waals surface area contributed by atoms with E-state index in [2.05, 4.69) is 53.4 Å². The molecule has 1 aromatic rings. The molecule has 5 nitrogen and oxygen atoms in total. The molecule has 5 rings (SSSR count). The van der Waals surface area contributed by atoms with Crippen LogP contribution in [0, 0.1) is 5.41 Å². The Labute approximate surface area is 203 Å². The molecule has 0 bridgehead atoms. The predicted octanol–water partition coefficient (Wildman–Crippen LogP) is 4.45. The monoisotopic (exact) mass is 459 g/mol. The quantitative estimate of drug-likeness (QED) is 0.679. The Morgan fingerprint density at radius 1 is 1.18 bits per heavy atom. The molecule has 0 unspecified atom stereocenters. The van der Waals surface area contributed by atoms with Crippen molar-refractivity contribution >= 4 is 17.4 Å². The van der Waals surface area contributed by atoms with E-state index < -0.39 is 0 Å². The van der Waals surface area contributed by atoms with Gasteiger partial charge in [-0.15, -0.1) is 0 Å². The summed E-state index contributed by atoms with van der Waals surface area (Å²) in [4.78, 5) is 31.0. The largest absolute Gasteiger partial charge is 0.369 e. The van der Waals surface area contributed by atoms with E-state index >= 15 is 0 Å². The van der Waals surface area contributed by atoms with Crippen LogP contribution in [-0.4, -0.2) is 55.9 Å². The van der Waals surface area contributed by atoms with Crippen LogP contribution in [-0.2, 0) is 11.2 Å². The molecule has 1 saturated heterocycles. The van der Waals surface area contributed by atoms with Gasteiger partial charge in [0.25, 0.3) is 5.91 Å². The highest BCUT2D eigenvalue weighted by atomic mass is 16.2. The highest BCUT2D eigenvalue weighted by Crippen LogP contribution is 2.50. The third kappa shape index (κ3) is 4.26. The van der Waals surface area contributed by atoms with Crippen molar-refractivity contribution in [3.8, 4) is 0 Å². The van der Waals surface area contributed by atoms with Crippen molar-refractivity contribution < 1.29 is 9.59 Å². The van der Waals surface area contributed by atoms with Crippen LogP contribution in [0.5, 0.6) is 0 Å². The maximum absolute atomic E-state index is 13.4. The summed E-state index contributed by atoms with van der Waals surface area (Å²) in [6.07, 6.45) is 12.0. The van der Waals surface area contributed by atoms with Gasteiger partial charge in [0.05, 0.1) is 0 Å². The fraction of sp³-hybridized carbons (Fsp3) is 0.517. The fourth-order valence-corrected chi connectivity index (χ4v) is 6.65. The third-order valence-electron chi connectivity index (χ3n) is 8.11. The molecule has 0 aromatic heterocycles. The Hall–Kier alpha value is -2.66. The first-order valence-corrected chi connectivity index (χ1v) is 12.8. The van der Waals surface area contributed by atoms with E-state index in [0.29, 0.717) is 24.4 Å². The first kappa shape index (κ1) is 23.1. The van der Waals surface area contributed by atoms with Crippen molar-refractivity contribution in [2.75, 3.05) is 38.1 Å². The SMILES string of the molecule is CCN(c1cccc2c1C/C=C/CCC1=C(CNC2=O)C(=O)CC(C)=C1)C1CC2(C1)CN(C)C2. The van der Waals surface area contributed by atoms with Crippen LogP contribution in [0.25, 0.3) is 0 Å². The number of nitrogens with one attached hydrogen (secondary N) is 1. The number of rotatable bonds is 3. The lowest BCUT2D eigenvalue weighted by Crippen LogP contribution is -2.65. The molecular weight excluding hydrogens is 422 g/mol. The van der Waals surface area contributed by atoms with Crippen molar-refractivity contribution in [2.24, 2.45) is 5.41 Å². The summed E-state index contributed by atoms with van der Waals surface area (Å²) < 4.78 is 0. The molecule has 2 aliphatic carbocycles. The van der Waals surface area contributed by atoms with Crippen molar-refractivity contribution in [1.82, 2.24) is 10.2 Å². The second-order valence-corrected chi connectivity index (χ2v) is 10.8. The van der Waals surface area contributed by atoms with Crippen LogP contribution < -0.4 is 10.2 Å². The summed E-state index contributed by atoms with van der Waals surface area (Å²) in [6.45, 7) is 7.90. The number of benzene rings is 1. The zero-order valence-corrected chi connectivity index (χ0v) is 20.8. The first-order chi connectivity index (χ1) is 16.4. The lowest BCUT2D eigenvalue weighted by Gasteiger charge is -2.60. The maximum atomic E-state index is 13.4. The molecule has 0 atom stereocenters. The van der Waals surface area contributed by atoms with Gasteiger partial charge in [0, 0.05) is 55.5 Å². The topological polar surface area (TPSA) is 52.7 Å². The molecule has 1 aromatic carbocycles. The summed E-state index contributed by atoms with van der Waals surface area (Å²) in [5, 5.41) is 3.08. The average Bonchev–Trinajstić information content (AvgIpc) is 2.75. The fourth-order valence-electron chi connectivity index (χ4n) is 6.65. The summed E-state index contributed by atoms with van der Waals surface area (Å²) in [7, 11) is 2.20. The van der Waals surface area contributed by atoms with E-state index in [-0.39, 0.29) is 11.7 Å². The van der Waals surface area contributed by atoms with E-state index in [9.17, 15) is 9.59 Å². The van der Waals surface area contributed by atoms with E-state index in [0.717, 1.165) is 53.7 Å². The molecule has 0 radical (unpaired) electrons. The number of anilines is 1. The second kappa shape index (κ2) is 9.18. The average molecular weight is 460 g/mol. The van der Waals surface area contributed by atoms with E-state index in [1.54, 1.807) is 0 Å². The predicted molar refractivity (Wildman–Crippen MR) is 137 cm³/mol. The van der Waals surface area contributed by atoms with E-state index in [1.807, 2.05) is 19.1 Å². The van der Waals surface area contributed by atoms with Crippen molar-refractivity contribution in [1.29, 1.82) is 0 Å². The van der Waals surface area contributed by atoms with Crippen LogP contribution in [0.15, 0.2) is 53.1 Å². The second-order valence-electron chi connectivity index (χ2n) is 10.8. The Morgan fingerprint density at radius 3 is 2.71 bits per heavy atom. The van der Waals surface area contributed by atoms with Gasteiger partial charge in [0.15, 0.2) is 5.78 Å². The van der Waals surface area contributed by atoms with Gasteiger partial charge in [0.1, 0.15) is 0 Å². The Kier molecular flexibility index (Phi) is 6.24. The maximum Gasteiger partial charge on any atom is 0.251 e. The summed E-state index contributed by atoms with van der Waals surface area (Å²) in [6, 6.07) is 6.68. The van der Waals surface area contributed by atoms with Gasteiger partial charge in [-0.1, -0.05) is 29.9 Å². The minimum Gasteiger partial charge on any atom is -0.369 e. The molecule has 2 aliphatic heterocycles. The van der Waals surface area contributed by atoms with Crippen LogP contribution in [0.3, 0.4) is 0 Å². The zero-order chi connectivity index (χ0) is 23.9. The number of fused-ring (bicyclic) bond motifs is 1. The molecule has 180 valence electrons. The van der Waals surface area contributed by atoms with Crippen LogP contribution in [0.2, 0.25) is 0 Å². The lowest BCUT2D eigenvalue weighted by atomic mass is 9.60. The normalized spacial score (nSPS) is 24.0. The van der Waals surface area contributed by atoms with Crippen LogP contribution in [0.1, 0.15) is 61.9 Å². The number of likely N-dealkylation sites (tertiary alicyclic amines) is 1. The number of hydrogen-bond donors (Lipinski definition) is 1. The van der Waals surface area contributed by atoms with Gasteiger partial charge in [-0.25, -0.2) is 0 Å². The van der Waals surface area contributed by atoms with Gasteiger partial charge >= 0.3 is 0 Å². The minimum absolute atomic E-state index is 0.0847. The number of allylic oxidation sites excluding steroid dienone is 5. The molecule has 1 N–H and O–H groups in total. The molecule has 1 amide bonds. The standard InChI is InChI=1S/C29H37N3O2/c1-4-32(22-15-29(16-22)18-31(3)19-29)26-12-8-11-24-23(26)10-7-5-6-9-21-13-20(2)14-27(33)25(21)17-30-28(24)34/h5,7-8,11-13,22H,4,6,9-10,14-19H2,1-3H3,(H,30,34)/b7-5+. The third-order valence-corrected chi connectivity index (χ3v) is 8.11. The van der Waals surface area contributed by atoms with Crippen molar-refractivity contribution in [3.63, 3.8) is 0 Å². The van der Waals surface area contributed by atoms with Gasteiger partial charge in [-0.3, -0.25) is 9.59 Å². The first-order valence-electron chi connectivity index (χ1n) is 12.8. The van der Waals surface area contributed by atoms with Gasteiger partial charge in [-0.2, -0.15) is 0 Å². The highest BCUT2D eigenvalue weighted by Gasteiger charge is 2.52. The van der Waals surface area contributed by atoms with Crippen molar-refractivity contribution in [3.05, 3.63) is 64.3 Å². The smallest absolute Gasteiger partial charge is 0.251 e.